The van der Waals surface area contributed by atoms with Crippen LogP contribution in [0.5, 0.6) is 0 Å². The van der Waals surface area contributed by atoms with Gasteiger partial charge in [-0.1, -0.05) is 20.8 Å². The lowest BCUT2D eigenvalue weighted by atomic mass is 10.2. The Bertz CT molecular complexity index is 306. The Morgan fingerprint density at radius 1 is 1.28 bits per heavy atom. The van der Waals surface area contributed by atoms with E-state index in [-0.39, 0.29) is 17.9 Å². The van der Waals surface area contributed by atoms with Crippen molar-refractivity contribution in [2.24, 2.45) is 0 Å². The van der Waals surface area contributed by atoms with E-state index < -0.39 is 26.4 Å². The molecule has 0 aromatic heterocycles. The molecule has 0 spiro atoms. The fourth-order valence-electron chi connectivity index (χ4n) is 1.14. The second kappa shape index (κ2) is 6.33. The fourth-order valence-corrected chi connectivity index (χ4v) is 2.42. The maximum absolute atomic E-state index is 11.6. The van der Waals surface area contributed by atoms with Crippen molar-refractivity contribution in [2.75, 3.05) is 7.11 Å². The molecule has 0 fully saturated rings. The summed E-state index contributed by atoms with van der Waals surface area (Å²) in [5, 5.41) is 8.64. The molecule has 18 heavy (non-hydrogen) atoms. The lowest BCUT2D eigenvalue weighted by Gasteiger charge is -2.38. The Kier molecular flexibility index (Phi) is 6.02. The smallest absolute Gasteiger partial charge is 0.333 e. The fraction of sp³-hybridized carbons (Fsp3) is 0.833. The minimum atomic E-state index is -2.11. The van der Waals surface area contributed by atoms with Crippen molar-refractivity contribution >= 4 is 20.3 Å². The summed E-state index contributed by atoms with van der Waals surface area (Å²) in [4.78, 5) is 22.2. The molecule has 0 bridgehead atoms. The van der Waals surface area contributed by atoms with E-state index in [2.05, 4.69) is 25.5 Å². The Balaban J connectivity index is 4.79. The molecule has 0 saturated carbocycles. The first kappa shape index (κ1) is 17.1. The van der Waals surface area contributed by atoms with Crippen LogP contribution in [-0.2, 0) is 18.8 Å². The molecule has 6 heteroatoms. The molecule has 5 nitrogen and oxygen atoms in total. The van der Waals surface area contributed by atoms with Gasteiger partial charge in [-0.25, -0.2) is 4.79 Å². The maximum Gasteiger partial charge on any atom is 0.333 e. The van der Waals surface area contributed by atoms with Crippen LogP contribution in [0.2, 0.25) is 18.1 Å². The maximum atomic E-state index is 11.6. The van der Waals surface area contributed by atoms with Crippen molar-refractivity contribution in [3.8, 4) is 0 Å². The van der Waals surface area contributed by atoms with Crippen LogP contribution in [-0.4, -0.2) is 38.6 Å². The zero-order valence-electron chi connectivity index (χ0n) is 12.1. The first-order chi connectivity index (χ1) is 8.01. The highest BCUT2D eigenvalue weighted by Crippen LogP contribution is 2.37. The van der Waals surface area contributed by atoms with Crippen molar-refractivity contribution in [2.45, 2.75) is 57.8 Å². The predicted molar refractivity (Wildman–Crippen MR) is 71.0 cm³/mol. The second-order valence-corrected chi connectivity index (χ2v) is 10.6. The number of hydrogen-bond acceptors (Lipinski definition) is 4. The number of aliphatic carboxylic acids is 1. The van der Waals surface area contributed by atoms with E-state index in [1.807, 2.05) is 13.1 Å². The molecule has 1 N–H and O–H groups in total. The van der Waals surface area contributed by atoms with Crippen molar-refractivity contribution in [1.29, 1.82) is 0 Å². The van der Waals surface area contributed by atoms with Gasteiger partial charge < -0.3 is 14.3 Å². The number of ether oxygens (including phenoxy) is 1. The molecule has 0 unspecified atom stereocenters. The van der Waals surface area contributed by atoms with Gasteiger partial charge in [0.05, 0.1) is 7.11 Å². The Labute approximate surface area is 110 Å². The van der Waals surface area contributed by atoms with E-state index in [4.69, 9.17) is 9.53 Å². The molecule has 0 aliphatic carbocycles. The number of rotatable bonds is 6. The lowest BCUT2D eigenvalue weighted by Crippen LogP contribution is -2.46. The largest absolute Gasteiger partial charge is 0.481 e. The molecule has 0 amide bonds. The number of esters is 1. The van der Waals surface area contributed by atoms with Gasteiger partial charge in [-0.2, -0.15) is 0 Å². The van der Waals surface area contributed by atoms with Crippen molar-refractivity contribution < 1.29 is 23.9 Å². The Morgan fingerprint density at radius 2 is 1.78 bits per heavy atom. The minimum absolute atomic E-state index is 0.0392. The standard InChI is InChI=1S/C12H24O5Si/c1-12(2,3)18(5,6)17-9(11(15)16-4)7-8-10(13)14/h9H,7-8H2,1-6H3,(H,13,14)/t9-/m0/s1. The van der Waals surface area contributed by atoms with Gasteiger partial charge in [0.25, 0.3) is 0 Å². The number of hydrogen-bond donors (Lipinski definition) is 1. The van der Waals surface area contributed by atoms with Crippen molar-refractivity contribution in [1.82, 2.24) is 0 Å². The quantitative estimate of drug-likeness (QED) is 0.596. The molecule has 106 valence electrons. The van der Waals surface area contributed by atoms with Gasteiger partial charge in [-0.05, 0) is 24.6 Å². The van der Waals surface area contributed by atoms with Crippen LogP contribution >= 0.6 is 0 Å². The molecule has 1 atom stereocenters. The highest BCUT2D eigenvalue weighted by atomic mass is 28.4. The molecule has 0 saturated heterocycles. The first-order valence-corrected chi connectivity index (χ1v) is 8.89. The van der Waals surface area contributed by atoms with Gasteiger partial charge in [0, 0.05) is 6.42 Å². The van der Waals surface area contributed by atoms with E-state index in [1.54, 1.807) is 0 Å². The molecule has 0 aliphatic rings. The SMILES string of the molecule is COC(=O)[C@H](CCC(=O)O)O[Si](C)(C)C(C)(C)C. The zero-order valence-corrected chi connectivity index (χ0v) is 13.1. The normalized spacial score (nSPS) is 14.1. The average Bonchev–Trinajstić information content (AvgIpc) is 2.21. The highest BCUT2D eigenvalue weighted by Gasteiger charge is 2.41. The van der Waals surface area contributed by atoms with Crippen molar-refractivity contribution in [3.05, 3.63) is 0 Å². The van der Waals surface area contributed by atoms with Crippen LogP contribution < -0.4 is 0 Å². The monoisotopic (exact) mass is 276 g/mol. The molecule has 0 aromatic rings. The first-order valence-electron chi connectivity index (χ1n) is 5.98. The summed E-state index contributed by atoms with van der Waals surface area (Å²) in [7, 11) is -0.830. The Hall–Kier alpha value is -0.883. The summed E-state index contributed by atoms with van der Waals surface area (Å²) in [5.41, 5.74) is 0. The van der Waals surface area contributed by atoms with Crippen LogP contribution in [0.25, 0.3) is 0 Å². The molecule has 0 aliphatic heterocycles. The molecular weight excluding hydrogens is 252 g/mol. The number of methoxy groups -OCH3 is 1. The summed E-state index contributed by atoms with van der Waals surface area (Å²) in [6.07, 6.45) is -0.741. The van der Waals surface area contributed by atoms with Gasteiger partial charge in [0.2, 0.25) is 0 Å². The average molecular weight is 276 g/mol. The van der Waals surface area contributed by atoms with E-state index in [0.29, 0.717) is 0 Å². The number of carbonyl (C=O) groups is 2. The predicted octanol–water partition coefficient (Wildman–Crippen LogP) is 2.41. The third-order valence-electron chi connectivity index (χ3n) is 3.33. The van der Waals surface area contributed by atoms with Crippen LogP contribution in [0.1, 0.15) is 33.6 Å². The van der Waals surface area contributed by atoms with E-state index >= 15 is 0 Å². The van der Waals surface area contributed by atoms with Gasteiger partial charge in [-0.15, -0.1) is 0 Å². The Morgan fingerprint density at radius 3 is 2.11 bits per heavy atom. The van der Waals surface area contributed by atoms with Gasteiger partial charge >= 0.3 is 11.9 Å². The lowest BCUT2D eigenvalue weighted by molar-refractivity contribution is -0.150. The zero-order chi connectivity index (χ0) is 14.6. The van der Waals surface area contributed by atoms with E-state index in [9.17, 15) is 9.59 Å². The molecule has 0 rings (SSSR count). The second-order valence-electron chi connectivity index (χ2n) is 5.82. The van der Waals surface area contributed by atoms with E-state index in [1.165, 1.54) is 7.11 Å². The molecule has 0 heterocycles. The van der Waals surface area contributed by atoms with Crippen LogP contribution in [0.15, 0.2) is 0 Å². The van der Waals surface area contributed by atoms with E-state index in [0.717, 1.165) is 0 Å². The number of carboxylic acid groups (broad SMARTS) is 1. The molecule has 0 aromatic carbocycles. The van der Waals surface area contributed by atoms with Crippen molar-refractivity contribution in [3.63, 3.8) is 0 Å². The van der Waals surface area contributed by atoms with Gasteiger partial charge in [0.1, 0.15) is 6.10 Å². The number of carbonyl (C=O) groups excluding carboxylic acids is 1. The summed E-state index contributed by atoms with van der Waals surface area (Å²) in [6.45, 7) is 10.2. The van der Waals surface area contributed by atoms with Crippen LogP contribution in [0.4, 0.5) is 0 Å². The summed E-state index contributed by atoms with van der Waals surface area (Å²) < 4.78 is 10.6. The third-order valence-corrected chi connectivity index (χ3v) is 7.81. The topological polar surface area (TPSA) is 72.8 Å². The number of carboxylic acids is 1. The summed E-state index contributed by atoms with van der Waals surface area (Å²) in [5.74, 6) is -1.44. The van der Waals surface area contributed by atoms with Crippen LogP contribution in [0, 0.1) is 0 Å². The summed E-state index contributed by atoms with van der Waals surface area (Å²) in [6, 6.07) is 0. The highest BCUT2D eigenvalue weighted by molar-refractivity contribution is 6.74. The van der Waals surface area contributed by atoms with Gasteiger partial charge in [0.15, 0.2) is 8.32 Å². The third kappa shape index (κ3) is 5.18. The van der Waals surface area contributed by atoms with Gasteiger partial charge in [-0.3, -0.25) is 4.79 Å². The van der Waals surface area contributed by atoms with Crippen LogP contribution in [0.3, 0.4) is 0 Å². The molecular formula is C12H24O5Si. The minimum Gasteiger partial charge on any atom is -0.481 e. The summed E-state index contributed by atoms with van der Waals surface area (Å²) >= 11 is 0. The molecule has 0 radical (unpaired) electrons.